The highest BCUT2D eigenvalue weighted by Crippen LogP contribution is 2.02. The first-order valence-corrected chi connectivity index (χ1v) is 6.20. The van der Waals surface area contributed by atoms with Crippen LogP contribution >= 0.6 is 0 Å². The fraction of sp³-hybridized carbons (Fsp3) is 1.00. The lowest BCUT2D eigenvalue weighted by Crippen LogP contribution is -2.29. The first-order valence-electron chi connectivity index (χ1n) is 6.20. The van der Waals surface area contributed by atoms with Gasteiger partial charge in [0.2, 0.25) is 0 Å². The van der Waals surface area contributed by atoms with Gasteiger partial charge in [-0.15, -0.1) is 0 Å². The molecule has 0 unspecified atom stereocenters. The average molecular weight is 215 g/mol. The lowest BCUT2D eigenvalue weighted by atomic mass is 10.1. The average Bonchev–Trinajstić information content (AvgIpc) is 2.20. The van der Waals surface area contributed by atoms with E-state index in [1.807, 2.05) is 0 Å². The zero-order chi connectivity index (χ0) is 11.5. The maximum absolute atomic E-state index is 5.45. The van der Waals surface area contributed by atoms with E-state index >= 15 is 0 Å². The molecule has 0 heterocycles. The van der Waals surface area contributed by atoms with Crippen LogP contribution in [0.25, 0.3) is 0 Å². The number of hydrogen-bond donors (Lipinski definition) is 1. The molecule has 0 bridgehead atoms. The van der Waals surface area contributed by atoms with Crippen molar-refractivity contribution < 1.29 is 0 Å². The normalized spacial score (nSPS) is 11.6. The van der Waals surface area contributed by atoms with Crippen molar-refractivity contribution in [1.82, 2.24) is 9.80 Å². The molecule has 0 spiro atoms. The van der Waals surface area contributed by atoms with Gasteiger partial charge in [-0.3, -0.25) is 0 Å². The van der Waals surface area contributed by atoms with Crippen LogP contribution in [0.3, 0.4) is 0 Å². The Kier molecular flexibility index (Phi) is 10.3. The van der Waals surface area contributed by atoms with Crippen molar-refractivity contribution >= 4 is 0 Å². The van der Waals surface area contributed by atoms with Gasteiger partial charge < -0.3 is 15.5 Å². The van der Waals surface area contributed by atoms with E-state index in [9.17, 15) is 0 Å². The molecule has 0 rings (SSSR count). The van der Waals surface area contributed by atoms with E-state index in [1.165, 1.54) is 45.2 Å². The largest absolute Gasteiger partial charge is 0.330 e. The second kappa shape index (κ2) is 10.4. The van der Waals surface area contributed by atoms with Crippen molar-refractivity contribution in [1.29, 1.82) is 0 Å². The van der Waals surface area contributed by atoms with E-state index in [0.29, 0.717) is 0 Å². The highest BCUT2D eigenvalue weighted by atomic mass is 15.1. The van der Waals surface area contributed by atoms with Crippen molar-refractivity contribution in [2.24, 2.45) is 5.73 Å². The summed E-state index contributed by atoms with van der Waals surface area (Å²) in [7, 11) is 6.46. The highest BCUT2D eigenvalue weighted by Gasteiger charge is 1.98. The minimum absolute atomic E-state index is 0.850. The van der Waals surface area contributed by atoms with Crippen LogP contribution in [0.2, 0.25) is 0 Å². The molecule has 2 N–H and O–H groups in total. The predicted molar refractivity (Wildman–Crippen MR) is 68.2 cm³/mol. The quantitative estimate of drug-likeness (QED) is 0.559. The summed E-state index contributed by atoms with van der Waals surface area (Å²) in [5.41, 5.74) is 5.45. The lowest BCUT2D eigenvalue weighted by Gasteiger charge is -2.19. The summed E-state index contributed by atoms with van der Waals surface area (Å²) in [4.78, 5) is 4.65. The Balaban J connectivity index is 3.13. The number of unbranched alkanes of at least 4 members (excludes halogenated alkanes) is 4. The van der Waals surface area contributed by atoms with Gasteiger partial charge in [0.05, 0.1) is 0 Å². The molecule has 15 heavy (non-hydrogen) atoms. The molecule has 0 aromatic rings. The van der Waals surface area contributed by atoms with Gasteiger partial charge in [0.15, 0.2) is 0 Å². The van der Waals surface area contributed by atoms with Gasteiger partial charge in [-0.2, -0.15) is 0 Å². The van der Waals surface area contributed by atoms with Crippen LogP contribution in [0.15, 0.2) is 0 Å². The molecule has 0 aromatic heterocycles. The molecular formula is C12H29N3. The smallest absolute Gasteiger partial charge is 0.0106 e. The minimum atomic E-state index is 0.850. The van der Waals surface area contributed by atoms with Gasteiger partial charge in [-0.1, -0.05) is 19.3 Å². The third-order valence-electron chi connectivity index (χ3n) is 2.67. The summed E-state index contributed by atoms with van der Waals surface area (Å²) in [5, 5.41) is 0. The van der Waals surface area contributed by atoms with Gasteiger partial charge in [0, 0.05) is 13.1 Å². The molecule has 0 aliphatic carbocycles. The molecule has 0 aliphatic heterocycles. The molecule has 0 saturated carbocycles. The zero-order valence-electron chi connectivity index (χ0n) is 10.8. The zero-order valence-corrected chi connectivity index (χ0v) is 10.8. The Morgan fingerprint density at radius 3 is 1.93 bits per heavy atom. The van der Waals surface area contributed by atoms with Gasteiger partial charge in [-0.25, -0.2) is 0 Å². The van der Waals surface area contributed by atoms with Crippen molar-refractivity contribution in [3.8, 4) is 0 Å². The molecular weight excluding hydrogens is 186 g/mol. The van der Waals surface area contributed by atoms with Crippen LogP contribution < -0.4 is 5.73 Å². The second-order valence-electron chi connectivity index (χ2n) is 4.66. The standard InChI is InChI=1S/C12H29N3/c1-14(2)11-12-15(3)10-8-6-4-5-7-9-13/h4-13H2,1-3H3. The SMILES string of the molecule is CN(C)CCN(C)CCCCCCCN. The fourth-order valence-corrected chi connectivity index (χ4v) is 1.54. The Hall–Kier alpha value is -0.120. The van der Waals surface area contributed by atoms with E-state index in [0.717, 1.165) is 13.1 Å². The van der Waals surface area contributed by atoms with E-state index in [4.69, 9.17) is 5.73 Å². The first kappa shape index (κ1) is 14.9. The van der Waals surface area contributed by atoms with Crippen LogP contribution in [-0.2, 0) is 0 Å². The topological polar surface area (TPSA) is 32.5 Å². The summed E-state index contributed by atoms with van der Waals surface area (Å²) in [6.07, 6.45) is 6.52. The molecule has 0 aromatic carbocycles. The molecule has 0 radical (unpaired) electrons. The monoisotopic (exact) mass is 215 g/mol. The Morgan fingerprint density at radius 2 is 1.33 bits per heavy atom. The van der Waals surface area contributed by atoms with E-state index in [1.54, 1.807) is 0 Å². The summed E-state index contributed by atoms with van der Waals surface area (Å²) in [6, 6.07) is 0. The van der Waals surface area contributed by atoms with Crippen molar-refractivity contribution in [2.45, 2.75) is 32.1 Å². The third-order valence-corrected chi connectivity index (χ3v) is 2.67. The molecule has 92 valence electrons. The summed E-state index contributed by atoms with van der Waals surface area (Å²) < 4.78 is 0. The molecule has 3 heteroatoms. The molecule has 0 amide bonds. The van der Waals surface area contributed by atoms with Crippen LogP contribution in [0.4, 0.5) is 0 Å². The predicted octanol–water partition coefficient (Wildman–Crippen LogP) is 1.39. The number of nitrogens with two attached hydrogens (primary N) is 1. The van der Waals surface area contributed by atoms with Crippen molar-refractivity contribution in [3.05, 3.63) is 0 Å². The van der Waals surface area contributed by atoms with E-state index in [-0.39, 0.29) is 0 Å². The number of rotatable bonds is 10. The van der Waals surface area contributed by atoms with Crippen LogP contribution in [-0.4, -0.2) is 57.1 Å². The van der Waals surface area contributed by atoms with Crippen LogP contribution in [0.5, 0.6) is 0 Å². The molecule has 0 saturated heterocycles. The molecule has 3 nitrogen and oxygen atoms in total. The maximum Gasteiger partial charge on any atom is 0.0106 e. The molecule has 0 fully saturated rings. The molecule has 0 atom stereocenters. The highest BCUT2D eigenvalue weighted by molar-refractivity contribution is 4.55. The lowest BCUT2D eigenvalue weighted by molar-refractivity contribution is 0.277. The van der Waals surface area contributed by atoms with Gasteiger partial charge in [0.25, 0.3) is 0 Å². The van der Waals surface area contributed by atoms with E-state index < -0.39 is 0 Å². The number of likely N-dealkylation sites (N-methyl/N-ethyl adjacent to an activating group) is 2. The number of nitrogens with zero attached hydrogens (tertiary/aromatic N) is 2. The van der Waals surface area contributed by atoms with E-state index in [2.05, 4.69) is 30.9 Å². The fourth-order valence-electron chi connectivity index (χ4n) is 1.54. The Labute approximate surface area is 95.6 Å². The maximum atomic E-state index is 5.45. The van der Waals surface area contributed by atoms with Crippen molar-refractivity contribution in [3.63, 3.8) is 0 Å². The van der Waals surface area contributed by atoms with Gasteiger partial charge in [0.1, 0.15) is 0 Å². The van der Waals surface area contributed by atoms with Crippen LogP contribution in [0, 0.1) is 0 Å². The van der Waals surface area contributed by atoms with Crippen molar-refractivity contribution in [2.75, 3.05) is 47.3 Å². The van der Waals surface area contributed by atoms with Crippen LogP contribution in [0.1, 0.15) is 32.1 Å². The Bertz CT molecular complexity index is 126. The molecule has 0 aliphatic rings. The third kappa shape index (κ3) is 11.8. The van der Waals surface area contributed by atoms with Gasteiger partial charge >= 0.3 is 0 Å². The van der Waals surface area contributed by atoms with Gasteiger partial charge in [-0.05, 0) is 47.1 Å². The second-order valence-corrected chi connectivity index (χ2v) is 4.66. The Morgan fingerprint density at radius 1 is 0.733 bits per heavy atom. The first-order chi connectivity index (χ1) is 7.16. The summed E-state index contributed by atoms with van der Waals surface area (Å²) in [5.74, 6) is 0. The summed E-state index contributed by atoms with van der Waals surface area (Å²) in [6.45, 7) is 4.42. The number of hydrogen-bond acceptors (Lipinski definition) is 3. The summed E-state index contributed by atoms with van der Waals surface area (Å²) >= 11 is 0. The minimum Gasteiger partial charge on any atom is -0.330 e.